The summed E-state index contributed by atoms with van der Waals surface area (Å²) < 4.78 is 1.74. The molecular formula is C17H21N7. The van der Waals surface area contributed by atoms with Crippen molar-refractivity contribution < 1.29 is 0 Å². The summed E-state index contributed by atoms with van der Waals surface area (Å²) >= 11 is 0. The average Bonchev–Trinajstić information content (AvgIpc) is 3.31. The van der Waals surface area contributed by atoms with Gasteiger partial charge in [-0.15, -0.1) is 0 Å². The Hall–Kier alpha value is -2.70. The topological polar surface area (TPSA) is 71.2 Å². The summed E-state index contributed by atoms with van der Waals surface area (Å²) in [5, 5.41) is 7.70. The van der Waals surface area contributed by atoms with Crippen molar-refractivity contribution in [3.63, 3.8) is 0 Å². The van der Waals surface area contributed by atoms with E-state index in [9.17, 15) is 0 Å². The van der Waals surface area contributed by atoms with Gasteiger partial charge in [0.15, 0.2) is 0 Å². The van der Waals surface area contributed by atoms with Gasteiger partial charge < -0.3 is 10.2 Å². The maximum absolute atomic E-state index is 4.51. The standard InChI is InChI=1S/C17H21N7/c1-2-14-10-16(24-17(22-14)20-12-21-24)19-11-13-5-6-18-15(9-13)23-7-3-4-8-23/h5-6,9-10,12,19H,2-4,7-8,11H2,1H3. The summed E-state index contributed by atoms with van der Waals surface area (Å²) in [5.74, 6) is 2.61. The molecule has 3 aromatic rings. The Morgan fingerprint density at radius 2 is 2.04 bits per heavy atom. The number of rotatable bonds is 5. The minimum absolute atomic E-state index is 0.629. The number of aryl methyl sites for hydroxylation is 1. The number of fused-ring (bicyclic) bond motifs is 1. The second-order valence-corrected chi connectivity index (χ2v) is 6.03. The van der Waals surface area contributed by atoms with Crippen LogP contribution in [0.15, 0.2) is 30.7 Å². The third-order valence-electron chi connectivity index (χ3n) is 4.38. The van der Waals surface area contributed by atoms with Gasteiger partial charge in [-0.2, -0.15) is 14.6 Å². The molecule has 1 N–H and O–H groups in total. The molecule has 0 amide bonds. The fraction of sp³-hybridized carbons (Fsp3) is 0.412. The molecule has 7 nitrogen and oxygen atoms in total. The van der Waals surface area contributed by atoms with Crippen LogP contribution in [0.4, 0.5) is 11.6 Å². The highest BCUT2D eigenvalue weighted by Crippen LogP contribution is 2.19. The number of pyridine rings is 1. The van der Waals surface area contributed by atoms with E-state index >= 15 is 0 Å². The van der Waals surface area contributed by atoms with Gasteiger partial charge in [-0.05, 0) is 37.0 Å². The van der Waals surface area contributed by atoms with E-state index in [1.807, 2.05) is 18.3 Å². The molecule has 0 saturated carbocycles. The van der Waals surface area contributed by atoms with Gasteiger partial charge in [-0.3, -0.25) is 0 Å². The van der Waals surface area contributed by atoms with Crippen LogP contribution in [0, 0.1) is 0 Å². The van der Waals surface area contributed by atoms with E-state index in [0.29, 0.717) is 12.3 Å². The van der Waals surface area contributed by atoms with Gasteiger partial charge in [0, 0.05) is 37.6 Å². The van der Waals surface area contributed by atoms with Crippen molar-refractivity contribution in [2.24, 2.45) is 0 Å². The molecule has 7 heteroatoms. The molecule has 1 saturated heterocycles. The van der Waals surface area contributed by atoms with Gasteiger partial charge in [0.2, 0.25) is 0 Å². The number of nitrogens with zero attached hydrogens (tertiary/aromatic N) is 6. The van der Waals surface area contributed by atoms with Gasteiger partial charge in [-0.25, -0.2) is 9.97 Å². The van der Waals surface area contributed by atoms with Crippen molar-refractivity contribution >= 4 is 17.4 Å². The molecule has 1 aliphatic heterocycles. The second-order valence-electron chi connectivity index (χ2n) is 6.03. The second kappa shape index (κ2) is 6.43. The van der Waals surface area contributed by atoms with Crippen LogP contribution in [0.3, 0.4) is 0 Å². The predicted molar refractivity (Wildman–Crippen MR) is 93.2 cm³/mol. The highest BCUT2D eigenvalue weighted by atomic mass is 15.3. The predicted octanol–water partition coefficient (Wildman–Crippen LogP) is 2.29. The van der Waals surface area contributed by atoms with Gasteiger partial charge in [0.25, 0.3) is 5.78 Å². The van der Waals surface area contributed by atoms with Crippen molar-refractivity contribution in [1.29, 1.82) is 0 Å². The van der Waals surface area contributed by atoms with Crippen molar-refractivity contribution in [1.82, 2.24) is 24.6 Å². The Labute approximate surface area is 140 Å². The smallest absolute Gasteiger partial charge is 0.254 e. The first-order chi connectivity index (χ1) is 11.8. The van der Waals surface area contributed by atoms with Gasteiger partial charge in [0.05, 0.1) is 0 Å². The van der Waals surface area contributed by atoms with Crippen LogP contribution >= 0.6 is 0 Å². The lowest BCUT2D eigenvalue weighted by molar-refractivity contribution is 0.898. The summed E-state index contributed by atoms with van der Waals surface area (Å²) in [7, 11) is 0. The fourth-order valence-electron chi connectivity index (χ4n) is 3.05. The quantitative estimate of drug-likeness (QED) is 0.777. The van der Waals surface area contributed by atoms with E-state index in [1.54, 1.807) is 4.52 Å². The molecule has 4 rings (SSSR count). The molecule has 1 aliphatic rings. The average molecular weight is 323 g/mol. The molecule has 0 unspecified atom stereocenters. The van der Waals surface area contributed by atoms with Gasteiger partial charge in [0.1, 0.15) is 18.0 Å². The van der Waals surface area contributed by atoms with E-state index in [2.05, 4.69) is 43.3 Å². The number of aromatic nitrogens is 5. The number of hydrogen-bond donors (Lipinski definition) is 1. The van der Waals surface area contributed by atoms with Gasteiger partial charge >= 0.3 is 0 Å². The number of hydrogen-bond acceptors (Lipinski definition) is 6. The Kier molecular flexibility index (Phi) is 3.98. The summed E-state index contributed by atoms with van der Waals surface area (Å²) in [5.41, 5.74) is 2.21. The lowest BCUT2D eigenvalue weighted by Crippen LogP contribution is -2.19. The van der Waals surface area contributed by atoms with E-state index < -0.39 is 0 Å². The minimum atomic E-state index is 0.629. The van der Waals surface area contributed by atoms with E-state index in [4.69, 9.17) is 0 Å². The van der Waals surface area contributed by atoms with Crippen molar-refractivity contribution in [2.75, 3.05) is 23.3 Å². The lowest BCUT2D eigenvalue weighted by Gasteiger charge is -2.17. The first-order valence-corrected chi connectivity index (χ1v) is 8.47. The lowest BCUT2D eigenvalue weighted by atomic mass is 10.2. The van der Waals surface area contributed by atoms with Crippen LogP contribution in [0.25, 0.3) is 5.78 Å². The first-order valence-electron chi connectivity index (χ1n) is 8.47. The molecule has 0 aromatic carbocycles. The zero-order chi connectivity index (χ0) is 16.4. The minimum Gasteiger partial charge on any atom is -0.366 e. The molecule has 0 atom stereocenters. The fourth-order valence-corrected chi connectivity index (χ4v) is 3.05. The Bertz CT molecular complexity index is 836. The van der Waals surface area contributed by atoms with Crippen LogP contribution in [0.1, 0.15) is 31.0 Å². The SMILES string of the molecule is CCc1cc(NCc2ccnc(N3CCCC3)c2)n2ncnc2n1. The Balaban J connectivity index is 1.54. The normalized spacial score (nSPS) is 14.5. The summed E-state index contributed by atoms with van der Waals surface area (Å²) in [6, 6.07) is 6.25. The molecule has 3 aromatic heterocycles. The highest BCUT2D eigenvalue weighted by molar-refractivity contribution is 5.47. The maximum Gasteiger partial charge on any atom is 0.254 e. The van der Waals surface area contributed by atoms with Crippen molar-refractivity contribution in [2.45, 2.75) is 32.7 Å². The number of nitrogens with one attached hydrogen (secondary N) is 1. The molecule has 24 heavy (non-hydrogen) atoms. The molecular weight excluding hydrogens is 302 g/mol. The van der Waals surface area contributed by atoms with E-state index in [0.717, 1.165) is 36.8 Å². The van der Waals surface area contributed by atoms with E-state index in [1.165, 1.54) is 24.7 Å². The van der Waals surface area contributed by atoms with Crippen LogP contribution in [0.5, 0.6) is 0 Å². The van der Waals surface area contributed by atoms with Gasteiger partial charge in [-0.1, -0.05) is 6.92 Å². The highest BCUT2D eigenvalue weighted by Gasteiger charge is 2.13. The molecule has 4 heterocycles. The zero-order valence-corrected chi connectivity index (χ0v) is 13.8. The summed E-state index contributed by atoms with van der Waals surface area (Å²) in [6.45, 7) is 5.01. The first kappa shape index (κ1) is 14.9. The van der Waals surface area contributed by atoms with Crippen LogP contribution in [0.2, 0.25) is 0 Å². The third-order valence-corrected chi connectivity index (χ3v) is 4.38. The molecule has 1 fully saturated rings. The van der Waals surface area contributed by atoms with Crippen molar-refractivity contribution in [3.8, 4) is 0 Å². The molecule has 0 spiro atoms. The van der Waals surface area contributed by atoms with Crippen molar-refractivity contribution in [3.05, 3.63) is 42.0 Å². The molecule has 0 bridgehead atoms. The monoisotopic (exact) mass is 323 g/mol. The molecule has 0 aliphatic carbocycles. The molecule has 0 radical (unpaired) electrons. The summed E-state index contributed by atoms with van der Waals surface area (Å²) in [6.07, 6.45) is 6.80. The van der Waals surface area contributed by atoms with Crippen LogP contribution < -0.4 is 10.2 Å². The van der Waals surface area contributed by atoms with Crippen LogP contribution in [-0.2, 0) is 13.0 Å². The van der Waals surface area contributed by atoms with Crippen LogP contribution in [-0.4, -0.2) is 37.7 Å². The largest absolute Gasteiger partial charge is 0.366 e. The molecule has 124 valence electrons. The maximum atomic E-state index is 4.51. The third kappa shape index (κ3) is 2.89. The Morgan fingerprint density at radius 1 is 1.17 bits per heavy atom. The Morgan fingerprint density at radius 3 is 2.88 bits per heavy atom. The van der Waals surface area contributed by atoms with E-state index in [-0.39, 0.29) is 0 Å². The zero-order valence-electron chi connectivity index (χ0n) is 13.8. The summed E-state index contributed by atoms with van der Waals surface area (Å²) in [4.78, 5) is 15.5. The number of anilines is 2.